The van der Waals surface area contributed by atoms with E-state index in [9.17, 15) is 39.9 Å². The topological polar surface area (TPSA) is 192 Å². The van der Waals surface area contributed by atoms with Gasteiger partial charge in [-0.05, 0) is 13.0 Å². The fraction of sp³-hybridized carbons (Fsp3) is 0.444. The maximum atomic E-state index is 13.7. The molecule has 0 aromatic heterocycles. The third-order valence-corrected chi connectivity index (χ3v) is 8.32. The van der Waals surface area contributed by atoms with Gasteiger partial charge in [0.05, 0.1) is 42.1 Å². The van der Waals surface area contributed by atoms with Crippen LogP contribution in [0.4, 0.5) is 0 Å². The molecule has 1 saturated heterocycles. The highest BCUT2D eigenvalue weighted by atomic mass is 28.2. The molecule has 4 unspecified atom stereocenters. The second kappa shape index (κ2) is 10.3. The Morgan fingerprint density at radius 2 is 1.88 bits per heavy atom. The molecule has 12 nitrogen and oxygen atoms in total. The molecule has 3 aliphatic rings. The van der Waals surface area contributed by atoms with E-state index in [0.717, 1.165) is 0 Å². The van der Waals surface area contributed by atoms with Crippen LogP contribution in [-0.4, -0.2) is 97.1 Å². The van der Waals surface area contributed by atoms with Crippen molar-refractivity contribution in [2.24, 2.45) is 0 Å². The first-order valence-corrected chi connectivity index (χ1v) is 13.1. The Labute approximate surface area is 232 Å². The molecule has 3 radical (unpaired) electrons. The van der Waals surface area contributed by atoms with Gasteiger partial charge in [0, 0.05) is 42.0 Å². The molecule has 211 valence electrons. The number of Topliss-reactive ketones (excluding diaryl/α,β-unsaturated/α-hetero) is 1. The number of methoxy groups -OCH3 is 1. The van der Waals surface area contributed by atoms with Crippen LogP contribution in [-0.2, 0) is 20.7 Å². The van der Waals surface area contributed by atoms with Crippen LogP contribution in [0.5, 0.6) is 17.2 Å². The average Bonchev–Trinajstić information content (AvgIpc) is 2.94. The second-order valence-electron chi connectivity index (χ2n) is 10.2. The number of nitrogens with one attached hydrogen (secondary N) is 1. The first-order chi connectivity index (χ1) is 19.0. The van der Waals surface area contributed by atoms with E-state index in [4.69, 9.17) is 14.2 Å². The highest BCUT2D eigenvalue weighted by Gasteiger charge is 2.50. The van der Waals surface area contributed by atoms with Crippen LogP contribution in [0.25, 0.3) is 0 Å². The summed E-state index contributed by atoms with van der Waals surface area (Å²) in [5, 5.41) is 54.1. The van der Waals surface area contributed by atoms with E-state index in [-0.39, 0.29) is 34.4 Å². The molecular weight excluding hydrogens is 542 g/mol. The normalized spacial score (nSPS) is 29.4. The molecular formula is C27H28NO11Si. The summed E-state index contributed by atoms with van der Waals surface area (Å²) in [4.78, 5) is 42.6. The van der Waals surface area contributed by atoms with Crippen molar-refractivity contribution in [2.45, 2.75) is 62.4 Å². The van der Waals surface area contributed by atoms with Gasteiger partial charge in [-0.3, -0.25) is 14.4 Å². The van der Waals surface area contributed by atoms with E-state index in [0.29, 0.717) is 0 Å². The van der Waals surface area contributed by atoms with Crippen LogP contribution < -0.4 is 9.72 Å². The number of rotatable bonds is 6. The molecule has 40 heavy (non-hydrogen) atoms. The quantitative estimate of drug-likeness (QED) is 0.168. The Hall–Kier alpha value is -3.17. The molecule has 1 fully saturated rings. The van der Waals surface area contributed by atoms with Gasteiger partial charge in [0.1, 0.15) is 39.9 Å². The first-order valence-electron chi connectivity index (χ1n) is 12.6. The smallest absolute Gasteiger partial charge is 0.202 e. The fourth-order valence-corrected chi connectivity index (χ4v) is 6.15. The highest BCUT2D eigenvalue weighted by Crippen LogP contribution is 2.52. The third-order valence-electron chi connectivity index (χ3n) is 7.95. The maximum Gasteiger partial charge on any atom is 0.202 e. The number of aliphatic hydroxyl groups excluding tert-OH is 2. The van der Waals surface area contributed by atoms with Crippen LogP contribution in [0.2, 0.25) is 0 Å². The Kier molecular flexibility index (Phi) is 7.33. The number of benzene rings is 2. The zero-order valence-electron chi connectivity index (χ0n) is 21.6. The molecule has 0 saturated carbocycles. The first kappa shape index (κ1) is 28.4. The van der Waals surface area contributed by atoms with Crippen LogP contribution in [0.15, 0.2) is 18.2 Å². The largest absolute Gasteiger partial charge is 0.507 e. The monoisotopic (exact) mass is 570 g/mol. The van der Waals surface area contributed by atoms with Crippen molar-refractivity contribution in [3.63, 3.8) is 0 Å². The van der Waals surface area contributed by atoms with E-state index in [1.807, 2.05) is 0 Å². The third kappa shape index (κ3) is 4.25. The van der Waals surface area contributed by atoms with Crippen LogP contribution in [0, 0.1) is 0 Å². The number of phenolic OH excluding ortho intramolecular Hbond substituents is 2. The van der Waals surface area contributed by atoms with Crippen molar-refractivity contribution in [1.29, 1.82) is 0 Å². The van der Waals surface area contributed by atoms with E-state index < -0.39 is 95.7 Å². The minimum Gasteiger partial charge on any atom is -0.507 e. The molecule has 1 aliphatic heterocycles. The minimum atomic E-state index is -2.24. The number of ether oxygens (including phenoxy) is 3. The molecule has 2 aromatic rings. The standard InChI is InChI=1S/C27H28NO11Si/c1-10-22(31)13(28-40)6-17(38-10)39-15-8-27(36,16(30)9-29)7-12-19(15)26(35)21-20(24(12)33)23(32)11-4-3-5-14(37-2)18(11)25(21)34/h3-5,10,13,15,17,22,28-29,31,33,35-36H,6-9H2,1-2H3/t10?,13?,15-,17?,22?,27-/m0/s1. The number of carbonyl (C=O) groups is 3. The fourth-order valence-electron chi connectivity index (χ4n) is 5.86. The van der Waals surface area contributed by atoms with Gasteiger partial charge in [0.15, 0.2) is 17.9 Å². The summed E-state index contributed by atoms with van der Waals surface area (Å²) in [6, 6.07) is 3.86. The summed E-state index contributed by atoms with van der Waals surface area (Å²) in [6.45, 7) is 0.602. The van der Waals surface area contributed by atoms with Crippen LogP contribution in [0.1, 0.15) is 68.8 Å². The minimum absolute atomic E-state index is 0.0481. The van der Waals surface area contributed by atoms with Crippen molar-refractivity contribution in [3.05, 3.63) is 51.6 Å². The van der Waals surface area contributed by atoms with Gasteiger partial charge < -0.3 is 44.7 Å². The number of ketones is 3. The lowest BCUT2D eigenvalue weighted by Gasteiger charge is -2.42. The van der Waals surface area contributed by atoms with E-state index in [1.165, 1.54) is 25.3 Å². The molecule has 0 amide bonds. The van der Waals surface area contributed by atoms with Crippen molar-refractivity contribution in [1.82, 2.24) is 4.98 Å². The summed E-state index contributed by atoms with van der Waals surface area (Å²) in [5.41, 5.74) is -3.58. The predicted octanol–water partition coefficient (Wildman–Crippen LogP) is -0.284. The van der Waals surface area contributed by atoms with Crippen molar-refractivity contribution < 1.29 is 54.1 Å². The maximum absolute atomic E-state index is 13.7. The summed E-state index contributed by atoms with van der Waals surface area (Å²) in [7, 11) is 4.50. The number of aromatic hydroxyl groups is 2. The lowest BCUT2D eigenvalue weighted by Crippen LogP contribution is -2.54. The van der Waals surface area contributed by atoms with Crippen LogP contribution in [0.3, 0.4) is 0 Å². The molecule has 2 aliphatic carbocycles. The second-order valence-corrected chi connectivity index (χ2v) is 10.5. The number of carbonyl (C=O) groups excluding carboxylic acids is 3. The van der Waals surface area contributed by atoms with Crippen molar-refractivity contribution in [3.8, 4) is 17.2 Å². The van der Waals surface area contributed by atoms with Crippen molar-refractivity contribution in [2.75, 3.05) is 13.7 Å². The number of phenols is 2. The Morgan fingerprint density at radius 1 is 1.18 bits per heavy atom. The zero-order valence-corrected chi connectivity index (χ0v) is 22.6. The predicted molar refractivity (Wildman–Crippen MR) is 136 cm³/mol. The van der Waals surface area contributed by atoms with E-state index in [1.54, 1.807) is 6.92 Å². The number of fused-ring (bicyclic) bond motifs is 3. The molecule has 6 atom stereocenters. The Bertz CT molecular complexity index is 1410. The molecule has 0 bridgehead atoms. The van der Waals surface area contributed by atoms with Crippen molar-refractivity contribution >= 4 is 27.8 Å². The van der Waals surface area contributed by atoms with E-state index >= 15 is 0 Å². The Balaban J connectivity index is 1.68. The molecule has 5 rings (SSSR count). The van der Waals surface area contributed by atoms with Gasteiger partial charge in [0.2, 0.25) is 5.78 Å². The highest BCUT2D eigenvalue weighted by molar-refractivity contribution is 6.31. The summed E-state index contributed by atoms with van der Waals surface area (Å²) >= 11 is 0. The molecule has 13 heteroatoms. The summed E-state index contributed by atoms with van der Waals surface area (Å²) in [5.74, 6) is -3.74. The number of hydrogen-bond donors (Lipinski definition) is 6. The molecule has 1 heterocycles. The van der Waals surface area contributed by atoms with E-state index in [2.05, 4.69) is 15.4 Å². The summed E-state index contributed by atoms with van der Waals surface area (Å²) in [6.07, 6.45) is -4.86. The molecule has 6 N–H and O–H groups in total. The van der Waals surface area contributed by atoms with Gasteiger partial charge >= 0.3 is 0 Å². The number of hydrogen-bond acceptors (Lipinski definition) is 12. The summed E-state index contributed by atoms with van der Waals surface area (Å²) < 4.78 is 17.2. The lowest BCUT2D eigenvalue weighted by molar-refractivity contribution is -0.248. The lowest BCUT2D eigenvalue weighted by atomic mass is 9.72. The molecule has 0 spiro atoms. The number of aliphatic hydroxyl groups is 3. The Morgan fingerprint density at radius 3 is 2.52 bits per heavy atom. The zero-order chi connectivity index (χ0) is 29.1. The van der Waals surface area contributed by atoms with Gasteiger partial charge in [-0.15, -0.1) is 0 Å². The SMILES string of the molecule is COc1cccc2c1C(=O)c1c(O)c3c(c(O)c1C2=O)C[C@@](O)(C(=O)CO)C[C@@H]3OC1CC(N[Si])C(O)C(C)O1. The van der Waals surface area contributed by atoms with Gasteiger partial charge in [-0.2, -0.15) is 0 Å². The molecule has 2 aromatic carbocycles. The van der Waals surface area contributed by atoms with Gasteiger partial charge in [-0.1, -0.05) is 12.1 Å². The van der Waals surface area contributed by atoms with Crippen LogP contribution >= 0.6 is 0 Å². The van der Waals surface area contributed by atoms with Gasteiger partial charge in [-0.25, -0.2) is 0 Å². The average molecular weight is 571 g/mol. The van der Waals surface area contributed by atoms with Gasteiger partial charge in [0.25, 0.3) is 0 Å².